The highest BCUT2D eigenvalue weighted by Crippen LogP contribution is 2.37. The monoisotopic (exact) mass is 662 g/mol. The van der Waals surface area contributed by atoms with Gasteiger partial charge in [0.05, 0.1) is 23.7 Å². The standard InChI is InChI=1S/C42H38N2O4Si/c1-29-21-25-32(26-22-29)37-31(3)39(33-15-9-6-10-16-33)44(34-27-23-30(2)24-28-34)41(45)40(38(43-37)42(46)47-4)49(48-5,35-17-11-7-12-18-35)36-19-13-8-14-20-36/h6-28H,1-5H3/b39-31-,40-38+,43-37+. The van der Waals surface area contributed by atoms with Crippen LogP contribution in [0.3, 0.4) is 0 Å². The maximum atomic E-state index is 15.9. The molecule has 1 aliphatic rings. The van der Waals surface area contributed by atoms with E-state index in [-0.39, 0.29) is 10.9 Å². The van der Waals surface area contributed by atoms with Gasteiger partial charge in [-0.1, -0.05) is 139 Å². The van der Waals surface area contributed by atoms with E-state index in [2.05, 4.69) is 0 Å². The molecule has 5 aromatic rings. The molecule has 5 aromatic carbocycles. The molecule has 1 amide bonds. The summed E-state index contributed by atoms with van der Waals surface area (Å²) in [5.74, 6) is -1.15. The van der Waals surface area contributed by atoms with Crippen molar-refractivity contribution in [3.8, 4) is 0 Å². The van der Waals surface area contributed by atoms with Crippen LogP contribution in [0.25, 0.3) is 5.70 Å². The summed E-state index contributed by atoms with van der Waals surface area (Å²) in [6, 6.07) is 45.0. The molecule has 0 unspecified atom stereocenters. The van der Waals surface area contributed by atoms with E-state index in [0.29, 0.717) is 22.7 Å². The van der Waals surface area contributed by atoms with Crippen LogP contribution in [0, 0.1) is 13.8 Å². The van der Waals surface area contributed by atoms with Gasteiger partial charge in [0.25, 0.3) is 14.2 Å². The number of amides is 1. The molecule has 0 N–H and O–H groups in total. The molecule has 0 radical (unpaired) electrons. The molecule has 0 aliphatic carbocycles. The Bertz CT molecular complexity index is 2030. The minimum absolute atomic E-state index is 0.0899. The summed E-state index contributed by atoms with van der Waals surface area (Å²) in [7, 11) is -0.875. The van der Waals surface area contributed by atoms with Crippen molar-refractivity contribution in [2.75, 3.05) is 19.1 Å². The molecule has 0 saturated carbocycles. The third-order valence-electron chi connectivity index (χ3n) is 8.87. The molecule has 1 aliphatic heterocycles. The fourth-order valence-corrected chi connectivity index (χ4v) is 10.2. The fraction of sp³-hybridized carbons (Fsp3) is 0.119. The molecule has 0 aromatic heterocycles. The second-order valence-corrected chi connectivity index (χ2v) is 15.4. The number of nitrogens with zero attached hydrogens (tertiary/aromatic N) is 2. The Balaban J connectivity index is 1.85. The summed E-state index contributed by atoms with van der Waals surface area (Å²) >= 11 is 0. The second kappa shape index (κ2) is 14.2. The Hall–Kier alpha value is -5.63. The Kier molecular flexibility index (Phi) is 9.67. The van der Waals surface area contributed by atoms with Crippen molar-refractivity contribution in [1.82, 2.24) is 0 Å². The van der Waals surface area contributed by atoms with Gasteiger partial charge in [-0.05, 0) is 48.8 Å². The molecule has 244 valence electrons. The van der Waals surface area contributed by atoms with Crippen molar-refractivity contribution < 1.29 is 18.8 Å². The smallest absolute Gasteiger partial charge is 0.356 e. The van der Waals surface area contributed by atoms with E-state index in [1.807, 2.05) is 160 Å². The SMILES string of the molecule is COC(=O)C1=C(\[Si](OC)(c2ccccc2)c2ccccc2)C(=O)N(c2ccc(C)cc2)\C(c2ccccc2)=C(C)/C(c2ccc(C)cc2)=N\1. The number of hydrogen-bond acceptors (Lipinski definition) is 5. The van der Waals surface area contributed by atoms with Crippen LogP contribution in [-0.4, -0.2) is 40.1 Å². The highest BCUT2D eigenvalue weighted by Gasteiger charge is 2.51. The summed E-state index contributed by atoms with van der Waals surface area (Å²) in [5.41, 5.74) is 6.20. The first-order valence-corrected chi connectivity index (χ1v) is 18.0. The Morgan fingerprint density at radius 1 is 0.633 bits per heavy atom. The molecule has 0 spiro atoms. The molecule has 0 saturated heterocycles. The van der Waals surface area contributed by atoms with Crippen LogP contribution in [0.2, 0.25) is 0 Å². The molecule has 6 rings (SSSR count). The van der Waals surface area contributed by atoms with E-state index in [0.717, 1.165) is 32.6 Å². The molecule has 6 nitrogen and oxygen atoms in total. The Morgan fingerprint density at radius 2 is 1.12 bits per heavy atom. The summed E-state index contributed by atoms with van der Waals surface area (Å²) < 4.78 is 12.2. The van der Waals surface area contributed by atoms with E-state index in [4.69, 9.17) is 14.2 Å². The van der Waals surface area contributed by atoms with E-state index >= 15 is 4.79 Å². The number of carbonyl (C=O) groups excluding carboxylic acids is 2. The number of methoxy groups -OCH3 is 1. The topological polar surface area (TPSA) is 68.2 Å². The minimum Gasteiger partial charge on any atom is -0.464 e. The van der Waals surface area contributed by atoms with E-state index < -0.39 is 20.2 Å². The number of anilines is 1. The Morgan fingerprint density at radius 3 is 1.61 bits per heavy atom. The zero-order chi connectivity index (χ0) is 34.5. The van der Waals surface area contributed by atoms with Gasteiger partial charge in [0.1, 0.15) is 0 Å². The molecular formula is C42H38N2O4Si. The number of esters is 1. The van der Waals surface area contributed by atoms with Gasteiger partial charge in [-0.3, -0.25) is 9.69 Å². The lowest BCUT2D eigenvalue weighted by Crippen LogP contribution is -2.65. The number of benzene rings is 5. The maximum absolute atomic E-state index is 15.9. The van der Waals surface area contributed by atoms with Crippen molar-refractivity contribution in [3.05, 3.63) is 178 Å². The van der Waals surface area contributed by atoms with Crippen molar-refractivity contribution in [3.63, 3.8) is 0 Å². The molecule has 0 bridgehead atoms. The van der Waals surface area contributed by atoms with Gasteiger partial charge in [-0.2, -0.15) is 0 Å². The van der Waals surface area contributed by atoms with Gasteiger partial charge in [0.2, 0.25) is 0 Å². The van der Waals surface area contributed by atoms with Crippen molar-refractivity contribution in [2.45, 2.75) is 20.8 Å². The largest absolute Gasteiger partial charge is 0.464 e. The molecule has 0 atom stereocenters. The van der Waals surface area contributed by atoms with Gasteiger partial charge in [-0.25, -0.2) is 9.79 Å². The van der Waals surface area contributed by atoms with Crippen LogP contribution < -0.4 is 15.3 Å². The minimum atomic E-state index is -3.80. The van der Waals surface area contributed by atoms with Crippen molar-refractivity contribution >= 4 is 47.7 Å². The van der Waals surface area contributed by atoms with Crippen LogP contribution in [0.1, 0.15) is 29.2 Å². The zero-order valence-electron chi connectivity index (χ0n) is 28.3. The average molecular weight is 663 g/mol. The van der Waals surface area contributed by atoms with Crippen LogP contribution in [0.4, 0.5) is 5.69 Å². The highest BCUT2D eigenvalue weighted by atomic mass is 28.4. The maximum Gasteiger partial charge on any atom is 0.356 e. The van der Waals surface area contributed by atoms with Gasteiger partial charge in [0, 0.05) is 23.9 Å². The van der Waals surface area contributed by atoms with Crippen LogP contribution in [-0.2, 0) is 18.8 Å². The first-order chi connectivity index (χ1) is 23.8. The molecule has 49 heavy (non-hydrogen) atoms. The van der Waals surface area contributed by atoms with Crippen LogP contribution in [0.5, 0.6) is 0 Å². The number of aryl methyl sites for hydroxylation is 2. The van der Waals surface area contributed by atoms with Gasteiger partial charge in [0.15, 0.2) is 5.70 Å². The predicted octanol–water partition coefficient (Wildman–Crippen LogP) is 6.94. The summed E-state index contributed by atoms with van der Waals surface area (Å²) in [6.45, 7) is 5.98. The molecule has 0 fully saturated rings. The first-order valence-electron chi connectivity index (χ1n) is 16.1. The molecular weight excluding hydrogens is 625 g/mol. The number of ether oxygens (including phenoxy) is 1. The Labute approximate surface area is 288 Å². The van der Waals surface area contributed by atoms with E-state index in [1.165, 1.54) is 7.11 Å². The average Bonchev–Trinajstić information content (AvgIpc) is 3.14. The fourth-order valence-electron chi connectivity index (χ4n) is 6.42. The van der Waals surface area contributed by atoms with Crippen molar-refractivity contribution in [1.29, 1.82) is 0 Å². The van der Waals surface area contributed by atoms with Gasteiger partial charge in [-0.15, -0.1) is 0 Å². The van der Waals surface area contributed by atoms with Gasteiger partial charge < -0.3 is 9.16 Å². The van der Waals surface area contributed by atoms with Crippen LogP contribution >= 0.6 is 0 Å². The lowest BCUT2D eigenvalue weighted by Gasteiger charge is -2.38. The number of rotatable bonds is 8. The molecule has 7 heteroatoms. The predicted molar refractivity (Wildman–Crippen MR) is 199 cm³/mol. The zero-order valence-corrected chi connectivity index (χ0v) is 29.3. The number of allylic oxidation sites excluding steroid dienone is 1. The first kappa shape index (κ1) is 33.3. The number of hydrogen-bond donors (Lipinski definition) is 0. The summed E-state index contributed by atoms with van der Waals surface area (Å²) in [4.78, 5) is 37.0. The quantitative estimate of drug-likeness (QED) is 0.133. The van der Waals surface area contributed by atoms with E-state index in [9.17, 15) is 4.79 Å². The lowest BCUT2D eigenvalue weighted by molar-refractivity contribution is -0.136. The van der Waals surface area contributed by atoms with Gasteiger partial charge >= 0.3 is 5.97 Å². The van der Waals surface area contributed by atoms with Crippen molar-refractivity contribution in [2.24, 2.45) is 4.99 Å². The normalized spacial score (nSPS) is 17.9. The molecule has 1 heterocycles. The number of aliphatic imine (C=N–C) groups is 1. The number of carbonyl (C=O) groups is 2. The summed E-state index contributed by atoms with van der Waals surface area (Å²) in [5, 5.41) is 1.73. The summed E-state index contributed by atoms with van der Waals surface area (Å²) in [6.07, 6.45) is 0. The van der Waals surface area contributed by atoms with Crippen LogP contribution in [0.15, 0.2) is 161 Å². The third-order valence-corrected chi connectivity index (χ3v) is 12.9. The van der Waals surface area contributed by atoms with E-state index in [1.54, 1.807) is 12.0 Å². The lowest BCUT2D eigenvalue weighted by atomic mass is 9.95. The third kappa shape index (κ3) is 6.22. The second-order valence-electron chi connectivity index (χ2n) is 12.0. The highest BCUT2D eigenvalue weighted by molar-refractivity contribution is 7.06.